The molecule has 0 unspecified atom stereocenters. The molecule has 31 heavy (non-hydrogen) atoms. The Balaban J connectivity index is 1.45. The van der Waals surface area contributed by atoms with Gasteiger partial charge in [-0.2, -0.15) is 0 Å². The molecule has 1 saturated heterocycles. The van der Waals surface area contributed by atoms with E-state index in [-0.39, 0.29) is 30.8 Å². The van der Waals surface area contributed by atoms with Crippen molar-refractivity contribution in [2.24, 2.45) is 5.92 Å². The molecule has 1 aromatic carbocycles. The van der Waals surface area contributed by atoms with Crippen molar-refractivity contribution in [2.45, 2.75) is 52.0 Å². The monoisotopic (exact) mass is 471 g/mol. The number of benzene rings is 1. The van der Waals surface area contributed by atoms with Crippen molar-refractivity contribution in [3.05, 3.63) is 28.3 Å². The summed E-state index contributed by atoms with van der Waals surface area (Å²) in [4.78, 5) is 24.1. The van der Waals surface area contributed by atoms with Gasteiger partial charge in [-0.15, -0.1) is 0 Å². The Morgan fingerprint density at radius 3 is 2.65 bits per heavy atom. The molecule has 1 saturated carbocycles. The fraction of sp³-hybridized carbons (Fsp3) is 0.619. The summed E-state index contributed by atoms with van der Waals surface area (Å²) in [6.07, 6.45) is 4.85. The van der Waals surface area contributed by atoms with Gasteiger partial charge in [-0.3, -0.25) is 10.1 Å². The van der Waals surface area contributed by atoms with E-state index in [1.165, 1.54) is 17.7 Å². The maximum Gasteiger partial charge on any atom is 0.324 e. The highest BCUT2D eigenvalue weighted by molar-refractivity contribution is 7.89. The van der Waals surface area contributed by atoms with Crippen molar-refractivity contribution < 1.29 is 22.7 Å². The van der Waals surface area contributed by atoms with Gasteiger partial charge in [0.15, 0.2) is 0 Å². The van der Waals surface area contributed by atoms with Crippen LogP contribution in [-0.2, 0) is 27.8 Å². The average molecular weight is 472 g/mol. The Labute approximate surface area is 188 Å². The third kappa shape index (κ3) is 7.08. The number of hydrogen-bond donors (Lipinski definition) is 2. The largest absolute Gasteiger partial charge is 0.491 e. The summed E-state index contributed by atoms with van der Waals surface area (Å²) >= 11 is 6.33. The summed E-state index contributed by atoms with van der Waals surface area (Å²) in [6.45, 7) is 3.36. The Hall–Kier alpha value is -1.84. The van der Waals surface area contributed by atoms with Crippen LogP contribution in [0.2, 0.25) is 5.02 Å². The Morgan fingerprint density at radius 2 is 2.00 bits per heavy atom. The molecule has 1 aromatic rings. The van der Waals surface area contributed by atoms with Crippen LogP contribution in [0, 0.1) is 5.92 Å². The van der Waals surface area contributed by atoms with E-state index in [4.69, 9.17) is 16.3 Å². The van der Waals surface area contributed by atoms with Crippen molar-refractivity contribution in [3.8, 4) is 5.75 Å². The number of nitrogens with zero attached hydrogens (tertiary/aromatic N) is 1. The molecule has 1 aliphatic carbocycles. The summed E-state index contributed by atoms with van der Waals surface area (Å²) in [7, 11) is -3.43. The van der Waals surface area contributed by atoms with Crippen molar-refractivity contribution in [3.63, 3.8) is 0 Å². The second kappa shape index (κ2) is 10.7. The van der Waals surface area contributed by atoms with Crippen molar-refractivity contribution in [1.82, 2.24) is 14.9 Å². The predicted octanol–water partition coefficient (Wildman–Crippen LogP) is 2.83. The van der Waals surface area contributed by atoms with E-state index in [0.717, 1.165) is 11.1 Å². The number of amides is 3. The Morgan fingerprint density at radius 1 is 1.23 bits per heavy atom. The van der Waals surface area contributed by atoms with Crippen LogP contribution in [0.15, 0.2) is 12.1 Å². The van der Waals surface area contributed by atoms with Crippen LogP contribution in [0.3, 0.4) is 0 Å². The summed E-state index contributed by atoms with van der Waals surface area (Å²) in [5, 5.41) is 2.78. The number of carbonyl (C=O) groups is 2. The molecule has 1 aliphatic heterocycles. The van der Waals surface area contributed by atoms with Gasteiger partial charge in [0.05, 0.1) is 17.4 Å². The molecule has 0 atom stereocenters. The molecule has 3 amide bonds. The van der Waals surface area contributed by atoms with Crippen molar-refractivity contribution in [1.29, 1.82) is 0 Å². The van der Waals surface area contributed by atoms with Gasteiger partial charge in [-0.05, 0) is 55.2 Å². The SMILES string of the molecule is CCc1c(CNS(=O)(=O)CCCCCN2CC(=O)NC2=O)ccc(Cl)c1OCC1CC1. The number of urea groups is 1. The molecule has 2 fully saturated rings. The molecule has 0 spiro atoms. The van der Waals surface area contributed by atoms with Crippen LogP contribution in [0.5, 0.6) is 5.75 Å². The number of imide groups is 1. The molecule has 172 valence electrons. The molecule has 0 aromatic heterocycles. The zero-order valence-electron chi connectivity index (χ0n) is 17.8. The van der Waals surface area contributed by atoms with Gasteiger partial charge < -0.3 is 9.64 Å². The van der Waals surface area contributed by atoms with E-state index >= 15 is 0 Å². The lowest BCUT2D eigenvalue weighted by atomic mass is 10.0. The Bertz CT molecular complexity index is 918. The first kappa shape index (κ1) is 23.8. The molecule has 2 aliphatic rings. The third-order valence-electron chi connectivity index (χ3n) is 5.51. The molecule has 0 radical (unpaired) electrons. The lowest BCUT2D eigenvalue weighted by Crippen LogP contribution is -2.29. The molecule has 8 nitrogen and oxygen atoms in total. The van der Waals surface area contributed by atoms with E-state index in [2.05, 4.69) is 10.0 Å². The zero-order chi connectivity index (χ0) is 22.4. The van der Waals surface area contributed by atoms with E-state index in [9.17, 15) is 18.0 Å². The number of sulfonamides is 1. The number of carbonyl (C=O) groups excluding carboxylic acids is 2. The van der Waals surface area contributed by atoms with E-state index in [0.29, 0.717) is 55.5 Å². The van der Waals surface area contributed by atoms with Gasteiger partial charge in [0.1, 0.15) is 12.3 Å². The maximum absolute atomic E-state index is 12.4. The van der Waals surface area contributed by atoms with Crippen LogP contribution in [0.1, 0.15) is 50.2 Å². The van der Waals surface area contributed by atoms with Crippen LogP contribution >= 0.6 is 11.6 Å². The van der Waals surface area contributed by atoms with E-state index < -0.39 is 10.0 Å². The van der Waals surface area contributed by atoms with Gasteiger partial charge in [0.25, 0.3) is 0 Å². The minimum atomic E-state index is -3.43. The predicted molar refractivity (Wildman–Crippen MR) is 119 cm³/mol. The van der Waals surface area contributed by atoms with Gasteiger partial charge in [-0.1, -0.05) is 31.0 Å². The van der Waals surface area contributed by atoms with E-state index in [1.54, 1.807) is 6.07 Å². The zero-order valence-corrected chi connectivity index (χ0v) is 19.4. The van der Waals surface area contributed by atoms with Crippen molar-refractivity contribution in [2.75, 3.05) is 25.4 Å². The third-order valence-corrected chi connectivity index (χ3v) is 7.22. The minimum Gasteiger partial charge on any atom is -0.491 e. The number of hydrogen-bond acceptors (Lipinski definition) is 5. The van der Waals surface area contributed by atoms with Crippen molar-refractivity contribution >= 4 is 33.6 Å². The molecule has 10 heteroatoms. The maximum atomic E-state index is 12.4. The molecule has 1 heterocycles. The molecule has 3 rings (SSSR count). The number of nitrogens with one attached hydrogen (secondary N) is 2. The standard InChI is InChI=1S/C21H30ClN3O5S/c1-2-17-16(8-9-18(22)20(17)30-14-15-6-7-15)12-23-31(28,29)11-5-3-4-10-25-13-19(26)24-21(25)27/h8-9,15,23H,2-7,10-14H2,1H3,(H,24,26,27). The van der Waals surface area contributed by atoms with Crippen LogP contribution in [-0.4, -0.2) is 50.7 Å². The highest BCUT2D eigenvalue weighted by Crippen LogP contribution is 2.35. The fourth-order valence-corrected chi connectivity index (χ4v) is 4.87. The van der Waals surface area contributed by atoms with Gasteiger partial charge >= 0.3 is 6.03 Å². The average Bonchev–Trinajstić information content (AvgIpc) is 3.49. The summed E-state index contributed by atoms with van der Waals surface area (Å²) in [5.74, 6) is 0.977. The number of rotatable bonds is 13. The number of halogens is 1. The second-order valence-corrected chi connectivity index (χ2v) is 10.4. The molecule has 0 bridgehead atoms. The van der Waals surface area contributed by atoms with E-state index in [1.807, 2.05) is 13.0 Å². The molecular formula is C21H30ClN3O5S. The van der Waals surface area contributed by atoms with Crippen LogP contribution in [0.4, 0.5) is 4.79 Å². The number of ether oxygens (including phenoxy) is 1. The highest BCUT2D eigenvalue weighted by Gasteiger charge is 2.26. The lowest BCUT2D eigenvalue weighted by molar-refractivity contribution is -0.118. The molecule has 2 N–H and O–H groups in total. The van der Waals surface area contributed by atoms with Crippen LogP contribution < -0.4 is 14.8 Å². The normalized spacial score (nSPS) is 16.6. The second-order valence-electron chi connectivity index (χ2n) is 8.10. The quantitative estimate of drug-likeness (QED) is 0.340. The Kier molecular flexibility index (Phi) is 8.18. The number of unbranched alkanes of at least 4 members (excludes halogenated alkanes) is 2. The van der Waals surface area contributed by atoms with Gasteiger partial charge in [0, 0.05) is 13.1 Å². The highest BCUT2D eigenvalue weighted by atomic mass is 35.5. The lowest BCUT2D eigenvalue weighted by Gasteiger charge is -2.17. The minimum absolute atomic E-state index is 0.0121. The topological polar surface area (TPSA) is 105 Å². The first-order valence-electron chi connectivity index (χ1n) is 10.8. The summed E-state index contributed by atoms with van der Waals surface area (Å²) in [6, 6.07) is 3.22. The summed E-state index contributed by atoms with van der Waals surface area (Å²) < 4.78 is 33.4. The first-order valence-corrected chi connectivity index (χ1v) is 12.8. The van der Waals surface area contributed by atoms with Gasteiger partial charge in [-0.25, -0.2) is 17.9 Å². The van der Waals surface area contributed by atoms with Gasteiger partial charge in [0.2, 0.25) is 15.9 Å². The smallest absolute Gasteiger partial charge is 0.324 e. The van der Waals surface area contributed by atoms with Crippen LogP contribution in [0.25, 0.3) is 0 Å². The summed E-state index contributed by atoms with van der Waals surface area (Å²) in [5.41, 5.74) is 1.81. The molecular weight excluding hydrogens is 442 g/mol. The fourth-order valence-electron chi connectivity index (χ4n) is 3.53. The first-order chi connectivity index (χ1) is 14.8.